The van der Waals surface area contributed by atoms with E-state index in [1.165, 1.54) is 5.56 Å². The highest BCUT2D eigenvalue weighted by atomic mass is 16.2. The Balaban J connectivity index is 1.62. The van der Waals surface area contributed by atoms with E-state index in [1.807, 2.05) is 49.0 Å². The van der Waals surface area contributed by atoms with Gasteiger partial charge < -0.3 is 10.2 Å². The summed E-state index contributed by atoms with van der Waals surface area (Å²) in [6.45, 7) is 4.97. The predicted octanol–water partition coefficient (Wildman–Crippen LogP) is 3.34. The maximum Gasteiger partial charge on any atom is 0.251 e. The van der Waals surface area contributed by atoms with E-state index in [0.717, 1.165) is 5.56 Å². The first-order valence-electron chi connectivity index (χ1n) is 10.1. The molecule has 0 aliphatic rings. The molecule has 0 fully saturated rings. The van der Waals surface area contributed by atoms with Crippen molar-refractivity contribution >= 4 is 11.8 Å². The summed E-state index contributed by atoms with van der Waals surface area (Å²) >= 11 is 0. The minimum Gasteiger partial charge on any atom is -0.340 e. The lowest BCUT2D eigenvalue weighted by Gasteiger charge is -2.27. The number of hydrogen-bond donors (Lipinski definition) is 1. The van der Waals surface area contributed by atoms with Crippen molar-refractivity contribution in [3.8, 4) is 0 Å². The lowest BCUT2D eigenvalue weighted by molar-refractivity contribution is -0.133. The molecule has 0 radical (unpaired) electrons. The van der Waals surface area contributed by atoms with E-state index < -0.39 is 6.04 Å². The first-order valence-corrected chi connectivity index (χ1v) is 10.1. The van der Waals surface area contributed by atoms with Crippen LogP contribution in [0, 0.1) is 5.92 Å². The average Bonchev–Trinajstić information content (AvgIpc) is 3.19. The second kappa shape index (κ2) is 9.87. The summed E-state index contributed by atoms with van der Waals surface area (Å²) in [6, 6.07) is 18.4. The number of benzene rings is 2. The van der Waals surface area contributed by atoms with Crippen LogP contribution < -0.4 is 5.32 Å². The van der Waals surface area contributed by atoms with Crippen LogP contribution in [0.1, 0.15) is 35.3 Å². The minimum atomic E-state index is -0.595. The predicted molar refractivity (Wildman–Crippen MR) is 117 cm³/mol. The lowest BCUT2D eigenvalue weighted by atomic mass is 10.0. The van der Waals surface area contributed by atoms with Crippen molar-refractivity contribution in [2.45, 2.75) is 33.0 Å². The van der Waals surface area contributed by atoms with Gasteiger partial charge >= 0.3 is 0 Å². The Morgan fingerprint density at radius 2 is 1.63 bits per heavy atom. The number of carbonyl (C=O) groups excluding carboxylic acids is 2. The molecule has 1 atom stereocenters. The molecular weight excluding hydrogens is 376 g/mol. The summed E-state index contributed by atoms with van der Waals surface area (Å²) in [6.07, 6.45) is 3.73. The third-order valence-electron chi connectivity index (χ3n) is 4.93. The van der Waals surface area contributed by atoms with Crippen molar-refractivity contribution in [2.75, 3.05) is 7.05 Å². The van der Waals surface area contributed by atoms with E-state index in [-0.39, 0.29) is 17.7 Å². The highest BCUT2D eigenvalue weighted by Gasteiger charge is 2.27. The van der Waals surface area contributed by atoms with Gasteiger partial charge in [0.1, 0.15) is 6.04 Å². The second-order valence-corrected chi connectivity index (χ2v) is 7.79. The standard InChI is InChI=1S/C24H28N4O2/c1-18(2)22(26-23(29)21-12-8-5-9-13-21)24(30)27(3)15-20-14-25-28(17-20)16-19-10-6-4-7-11-19/h4-14,17-18,22H,15-16H2,1-3H3,(H,26,29). The molecule has 0 saturated carbocycles. The van der Waals surface area contributed by atoms with E-state index in [0.29, 0.717) is 18.7 Å². The van der Waals surface area contributed by atoms with Crippen LogP contribution in [-0.2, 0) is 17.9 Å². The number of hydrogen-bond acceptors (Lipinski definition) is 3. The van der Waals surface area contributed by atoms with Crippen molar-refractivity contribution in [3.05, 3.63) is 89.7 Å². The molecule has 0 aliphatic heterocycles. The van der Waals surface area contributed by atoms with Gasteiger partial charge in [0, 0.05) is 30.9 Å². The maximum atomic E-state index is 13.0. The molecular formula is C24H28N4O2. The van der Waals surface area contributed by atoms with Crippen LogP contribution in [0.3, 0.4) is 0 Å². The number of likely N-dealkylation sites (N-methyl/N-ethyl adjacent to an activating group) is 1. The number of aromatic nitrogens is 2. The van der Waals surface area contributed by atoms with Gasteiger partial charge in [0.15, 0.2) is 0 Å². The van der Waals surface area contributed by atoms with E-state index >= 15 is 0 Å². The number of amides is 2. The number of nitrogens with one attached hydrogen (secondary N) is 1. The largest absolute Gasteiger partial charge is 0.340 e. The first kappa shape index (κ1) is 21.3. The van der Waals surface area contributed by atoms with Gasteiger partial charge in [0.2, 0.25) is 5.91 Å². The molecule has 156 valence electrons. The topological polar surface area (TPSA) is 67.2 Å². The highest BCUT2D eigenvalue weighted by molar-refractivity contribution is 5.97. The molecule has 30 heavy (non-hydrogen) atoms. The van der Waals surface area contributed by atoms with Crippen molar-refractivity contribution in [2.24, 2.45) is 5.92 Å². The van der Waals surface area contributed by atoms with Gasteiger partial charge in [-0.1, -0.05) is 62.4 Å². The summed E-state index contributed by atoms with van der Waals surface area (Å²) in [5, 5.41) is 7.29. The third-order valence-corrected chi connectivity index (χ3v) is 4.93. The minimum absolute atomic E-state index is 0.0339. The van der Waals surface area contributed by atoms with Crippen LogP contribution in [0.2, 0.25) is 0 Å². The summed E-state index contributed by atoms with van der Waals surface area (Å²) in [7, 11) is 1.75. The van der Waals surface area contributed by atoms with E-state index in [4.69, 9.17) is 0 Å². The normalized spacial score (nSPS) is 11.9. The Labute approximate surface area is 177 Å². The van der Waals surface area contributed by atoms with Gasteiger partial charge in [-0.2, -0.15) is 5.10 Å². The molecule has 1 heterocycles. The number of rotatable bonds is 8. The monoisotopic (exact) mass is 404 g/mol. The summed E-state index contributed by atoms with van der Waals surface area (Å²) in [5.41, 5.74) is 2.65. The lowest BCUT2D eigenvalue weighted by Crippen LogP contribution is -2.50. The third kappa shape index (κ3) is 5.56. The van der Waals surface area contributed by atoms with Crippen LogP contribution in [0.25, 0.3) is 0 Å². The van der Waals surface area contributed by atoms with Gasteiger partial charge in [-0.05, 0) is 23.6 Å². The quantitative estimate of drug-likeness (QED) is 0.626. The van der Waals surface area contributed by atoms with E-state index in [1.54, 1.807) is 42.4 Å². The summed E-state index contributed by atoms with van der Waals surface area (Å²) in [4.78, 5) is 27.2. The fourth-order valence-electron chi connectivity index (χ4n) is 3.26. The molecule has 2 aromatic carbocycles. The molecule has 3 aromatic rings. The molecule has 3 rings (SSSR count). The maximum absolute atomic E-state index is 13.0. The Hall–Kier alpha value is -3.41. The molecule has 1 N–H and O–H groups in total. The zero-order chi connectivity index (χ0) is 21.5. The molecule has 1 aromatic heterocycles. The molecule has 0 bridgehead atoms. The fourth-order valence-corrected chi connectivity index (χ4v) is 3.26. The van der Waals surface area contributed by atoms with Crippen molar-refractivity contribution in [1.29, 1.82) is 0 Å². The zero-order valence-electron chi connectivity index (χ0n) is 17.7. The van der Waals surface area contributed by atoms with E-state index in [2.05, 4.69) is 22.5 Å². The molecule has 0 aliphatic carbocycles. The molecule has 2 amide bonds. The zero-order valence-corrected chi connectivity index (χ0v) is 17.7. The Bertz CT molecular complexity index is 967. The smallest absolute Gasteiger partial charge is 0.251 e. The van der Waals surface area contributed by atoms with Crippen molar-refractivity contribution in [1.82, 2.24) is 20.0 Å². The van der Waals surface area contributed by atoms with Gasteiger partial charge in [0.05, 0.1) is 12.7 Å². The van der Waals surface area contributed by atoms with E-state index in [9.17, 15) is 9.59 Å². The second-order valence-electron chi connectivity index (χ2n) is 7.79. The van der Waals surface area contributed by atoms with Crippen LogP contribution in [-0.4, -0.2) is 39.6 Å². The first-order chi connectivity index (χ1) is 14.4. The Kier molecular flexibility index (Phi) is 7.01. The Morgan fingerprint density at radius 1 is 1.00 bits per heavy atom. The van der Waals surface area contributed by atoms with Gasteiger partial charge in [-0.15, -0.1) is 0 Å². The average molecular weight is 405 g/mol. The summed E-state index contributed by atoms with van der Waals surface area (Å²) in [5.74, 6) is -0.398. The van der Waals surface area contributed by atoms with Crippen molar-refractivity contribution < 1.29 is 9.59 Å². The van der Waals surface area contributed by atoms with Gasteiger partial charge in [0.25, 0.3) is 5.91 Å². The number of carbonyl (C=O) groups is 2. The fraction of sp³-hybridized carbons (Fsp3) is 0.292. The summed E-state index contributed by atoms with van der Waals surface area (Å²) < 4.78 is 1.86. The van der Waals surface area contributed by atoms with Gasteiger partial charge in [-0.25, -0.2) is 0 Å². The molecule has 6 nitrogen and oxygen atoms in total. The van der Waals surface area contributed by atoms with Crippen LogP contribution in [0.4, 0.5) is 0 Å². The van der Waals surface area contributed by atoms with Crippen LogP contribution in [0.15, 0.2) is 73.1 Å². The van der Waals surface area contributed by atoms with Crippen molar-refractivity contribution in [3.63, 3.8) is 0 Å². The molecule has 0 saturated heterocycles. The highest BCUT2D eigenvalue weighted by Crippen LogP contribution is 2.11. The van der Waals surface area contributed by atoms with Gasteiger partial charge in [-0.3, -0.25) is 14.3 Å². The SMILES string of the molecule is CC(C)C(NC(=O)c1ccccc1)C(=O)N(C)Cc1cnn(Cc2ccccc2)c1. The number of nitrogens with zero attached hydrogens (tertiary/aromatic N) is 3. The Morgan fingerprint density at radius 3 is 2.27 bits per heavy atom. The van der Waals surface area contributed by atoms with Crippen LogP contribution >= 0.6 is 0 Å². The van der Waals surface area contributed by atoms with Crippen LogP contribution in [0.5, 0.6) is 0 Å². The molecule has 0 spiro atoms. The molecule has 6 heteroatoms. The molecule has 1 unspecified atom stereocenters.